The van der Waals surface area contributed by atoms with E-state index in [0.29, 0.717) is 6.54 Å². The fraction of sp³-hybridized carbons (Fsp3) is 0.375. The summed E-state index contributed by atoms with van der Waals surface area (Å²) in [6.07, 6.45) is 3.18. The van der Waals surface area contributed by atoms with Crippen molar-refractivity contribution < 1.29 is 9.59 Å². The van der Waals surface area contributed by atoms with Crippen molar-refractivity contribution in [2.24, 2.45) is 0 Å². The van der Waals surface area contributed by atoms with Gasteiger partial charge in [0.15, 0.2) is 0 Å². The SMILES string of the molecule is CC(C)=CC(=O)N1CCCC1C(=O)Nc1ccccc1. The monoisotopic (exact) mass is 272 g/mol. The predicted molar refractivity (Wildman–Crippen MR) is 79.2 cm³/mol. The van der Waals surface area contributed by atoms with E-state index in [1.165, 1.54) is 0 Å². The summed E-state index contributed by atoms with van der Waals surface area (Å²) in [5.74, 6) is -0.181. The average molecular weight is 272 g/mol. The fourth-order valence-corrected chi connectivity index (χ4v) is 2.38. The molecule has 1 heterocycles. The average Bonchev–Trinajstić information content (AvgIpc) is 2.88. The molecule has 1 aliphatic rings. The molecular weight excluding hydrogens is 252 g/mol. The van der Waals surface area contributed by atoms with Gasteiger partial charge in [0.2, 0.25) is 11.8 Å². The van der Waals surface area contributed by atoms with Crippen LogP contribution in [0.15, 0.2) is 42.0 Å². The summed E-state index contributed by atoms with van der Waals surface area (Å²) in [6.45, 7) is 4.41. The lowest BCUT2D eigenvalue weighted by molar-refractivity contribution is -0.132. The number of para-hydroxylation sites is 1. The van der Waals surface area contributed by atoms with Crippen LogP contribution < -0.4 is 5.32 Å². The smallest absolute Gasteiger partial charge is 0.247 e. The first kappa shape index (κ1) is 14.3. The highest BCUT2D eigenvalue weighted by atomic mass is 16.2. The Bertz CT molecular complexity index is 519. The van der Waals surface area contributed by atoms with Gasteiger partial charge in [0.1, 0.15) is 6.04 Å². The summed E-state index contributed by atoms with van der Waals surface area (Å²) in [5, 5.41) is 2.87. The Morgan fingerprint density at radius 3 is 2.60 bits per heavy atom. The first-order chi connectivity index (χ1) is 9.58. The van der Waals surface area contributed by atoms with Gasteiger partial charge in [-0.2, -0.15) is 0 Å². The van der Waals surface area contributed by atoms with E-state index in [-0.39, 0.29) is 17.9 Å². The number of rotatable bonds is 3. The number of anilines is 1. The van der Waals surface area contributed by atoms with Crippen LogP contribution in [0.3, 0.4) is 0 Å². The molecule has 0 saturated carbocycles. The summed E-state index contributed by atoms with van der Waals surface area (Å²) in [5.41, 5.74) is 1.71. The van der Waals surface area contributed by atoms with Gasteiger partial charge in [-0.3, -0.25) is 9.59 Å². The van der Waals surface area contributed by atoms with Crippen LogP contribution in [0.25, 0.3) is 0 Å². The lowest BCUT2D eigenvalue weighted by Gasteiger charge is -2.22. The van der Waals surface area contributed by atoms with Crippen molar-refractivity contribution in [3.05, 3.63) is 42.0 Å². The fourth-order valence-electron chi connectivity index (χ4n) is 2.38. The van der Waals surface area contributed by atoms with Gasteiger partial charge in [0, 0.05) is 18.3 Å². The van der Waals surface area contributed by atoms with Crippen molar-refractivity contribution in [1.82, 2.24) is 4.90 Å². The quantitative estimate of drug-likeness (QED) is 0.860. The minimum absolute atomic E-state index is 0.0734. The zero-order chi connectivity index (χ0) is 14.5. The van der Waals surface area contributed by atoms with Gasteiger partial charge >= 0.3 is 0 Å². The number of hydrogen-bond donors (Lipinski definition) is 1. The van der Waals surface area contributed by atoms with Crippen molar-refractivity contribution in [1.29, 1.82) is 0 Å². The molecule has 4 heteroatoms. The highest BCUT2D eigenvalue weighted by Gasteiger charge is 2.33. The van der Waals surface area contributed by atoms with Gasteiger partial charge in [-0.1, -0.05) is 23.8 Å². The molecule has 1 saturated heterocycles. The van der Waals surface area contributed by atoms with E-state index in [1.54, 1.807) is 11.0 Å². The van der Waals surface area contributed by atoms with Crippen LogP contribution in [0.2, 0.25) is 0 Å². The zero-order valence-corrected chi connectivity index (χ0v) is 11.9. The minimum atomic E-state index is -0.363. The summed E-state index contributed by atoms with van der Waals surface area (Å²) in [6, 6.07) is 8.96. The van der Waals surface area contributed by atoms with Crippen LogP contribution in [-0.2, 0) is 9.59 Å². The topological polar surface area (TPSA) is 49.4 Å². The van der Waals surface area contributed by atoms with Gasteiger partial charge < -0.3 is 10.2 Å². The second-order valence-electron chi connectivity index (χ2n) is 5.27. The van der Waals surface area contributed by atoms with Crippen LogP contribution in [0.1, 0.15) is 26.7 Å². The highest BCUT2D eigenvalue weighted by molar-refractivity contribution is 5.99. The molecule has 1 fully saturated rings. The van der Waals surface area contributed by atoms with Crippen LogP contribution in [0.4, 0.5) is 5.69 Å². The number of benzene rings is 1. The number of carbonyl (C=O) groups excluding carboxylic acids is 2. The molecule has 1 aromatic rings. The maximum absolute atomic E-state index is 12.3. The van der Waals surface area contributed by atoms with E-state index in [1.807, 2.05) is 44.2 Å². The van der Waals surface area contributed by atoms with Crippen molar-refractivity contribution >= 4 is 17.5 Å². The molecule has 20 heavy (non-hydrogen) atoms. The first-order valence-corrected chi connectivity index (χ1v) is 6.89. The first-order valence-electron chi connectivity index (χ1n) is 6.89. The van der Waals surface area contributed by atoms with Crippen LogP contribution >= 0.6 is 0 Å². The van der Waals surface area contributed by atoms with E-state index < -0.39 is 0 Å². The van der Waals surface area contributed by atoms with E-state index in [9.17, 15) is 9.59 Å². The van der Waals surface area contributed by atoms with Crippen LogP contribution in [-0.4, -0.2) is 29.3 Å². The third-order valence-corrected chi connectivity index (χ3v) is 3.29. The highest BCUT2D eigenvalue weighted by Crippen LogP contribution is 2.20. The molecule has 2 rings (SSSR count). The number of hydrogen-bond acceptors (Lipinski definition) is 2. The summed E-state index contributed by atoms with van der Waals surface area (Å²) < 4.78 is 0. The molecule has 0 bridgehead atoms. The van der Waals surface area contributed by atoms with Crippen molar-refractivity contribution in [2.45, 2.75) is 32.7 Å². The maximum Gasteiger partial charge on any atom is 0.247 e. The van der Waals surface area contributed by atoms with Gasteiger partial charge in [-0.15, -0.1) is 0 Å². The molecular formula is C16H20N2O2. The second kappa shape index (κ2) is 6.37. The van der Waals surface area contributed by atoms with E-state index >= 15 is 0 Å². The number of nitrogens with zero attached hydrogens (tertiary/aromatic N) is 1. The van der Waals surface area contributed by atoms with E-state index in [0.717, 1.165) is 24.1 Å². The Morgan fingerprint density at radius 1 is 1.25 bits per heavy atom. The van der Waals surface area contributed by atoms with Crippen molar-refractivity contribution in [2.75, 3.05) is 11.9 Å². The number of carbonyl (C=O) groups is 2. The molecule has 4 nitrogen and oxygen atoms in total. The standard InChI is InChI=1S/C16H20N2O2/c1-12(2)11-15(19)18-10-6-9-14(18)16(20)17-13-7-4-3-5-8-13/h3-5,7-8,11,14H,6,9-10H2,1-2H3,(H,17,20). The Morgan fingerprint density at radius 2 is 1.95 bits per heavy atom. The van der Waals surface area contributed by atoms with Gasteiger partial charge in [0.05, 0.1) is 0 Å². The molecule has 2 amide bonds. The van der Waals surface area contributed by atoms with Gasteiger partial charge in [0.25, 0.3) is 0 Å². The molecule has 0 radical (unpaired) electrons. The number of amides is 2. The molecule has 1 atom stereocenters. The molecule has 1 aromatic carbocycles. The molecule has 0 aromatic heterocycles. The van der Waals surface area contributed by atoms with Crippen LogP contribution in [0, 0.1) is 0 Å². The van der Waals surface area contributed by atoms with Crippen molar-refractivity contribution in [3.8, 4) is 0 Å². The summed E-state index contributed by atoms with van der Waals surface area (Å²) >= 11 is 0. The molecule has 1 aliphatic heterocycles. The predicted octanol–water partition coefficient (Wildman–Crippen LogP) is 2.58. The molecule has 0 spiro atoms. The Labute approximate surface area is 119 Å². The Balaban J connectivity index is 2.05. The maximum atomic E-state index is 12.3. The number of likely N-dealkylation sites (tertiary alicyclic amines) is 1. The van der Waals surface area contributed by atoms with Crippen LogP contribution in [0.5, 0.6) is 0 Å². The molecule has 1 unspecified atom stereocenters. The summed E-state index contributed by atoms with van der Waals surface area (Å²) in [4.78, 5) is 26.0. The normalized spacial score (nSPS) is 17.7. The van der Waals surface area contributed by atoms with Gasteiger partial charge in [-0.25, -0.2) is 0 Å². The lowest BCUT2D eigenvalue weighted by atomic mass is 10.2. The van der Waals surface area contributed by atoms with E-state index in [2.05, 4.69) is 5.32 Å². The van der Waals surface area contributed by atoms with Crippen molar-refractivity contribution in [3.63, 3.8) is 0 Å². The largest absolute Gasteiger partial charge is 0.327 e. The lowest BCUT2D eigenvalue weighted by Crippen LogP contribution is -2.42. The molecule has 106 valence electrons. The number of allylic oxidation sites excluding steroid dienone is 1. The Hall–Kier alpha value is -2.10. The third kappa shape index (κ3) is 3.47. The zero-order valence-electron chi connectivity index (χ0n) is 11.9. The van der Waals surface area contributed by atoms with E-state index in [4.69, 9.17) is 0 Å². The third-order valence-electron chi connectivity index (χ3n) is 3.29. The minimum Gasteiger partial charge on any atom is -0.327 e. The molecule has 0 aliphatic carbocycles. The second-order valence-corrected chi connectivity index (χ2v) is 5.27. The van der Waals surface area contributed by atoms with Gasteiger partial charge in [-0.05, 0) is 38.8 Å². The summed E-state index contributed by atoms with van der Waals surface area (Å²) in [7, 11) is 0. The Kier molecular flexibility index (Phi) is 4.56. The number of nitrogens with one attached hydrogen (secondary N) is 1. The molecule has 1 N–H and O–H groups in total.